The second-order valence-electron chi connectivity index (χ2n) is 2.61. The molecule has 0 aliphatic heterocycles. The maximum absolute atomic E-state index is 5.91. The minimum absolute atomic E-state index is 0.479. The summed E-state index contributed by atoms with van der Waals surface area (Å²) in [5, 5.41) is 1.60. The fraction of sp³-hybridized carbons (Fsp3) is 0.250. The minimum atomic E-state index is 0.479. The molecule has 0 aromatic heterocycles. The summed E-state index contributed by atoms with van der Waals surface area (Å²) in [5.41, 5.74) is 0.867. The molecule has 0 aliphatic rings. The molecule has 0 unspecified atom stereocenters. The predicted octanol–water partition coefficient (Wildman–Crippen LogP) is 3.71. The van der Waals surface area contributed by atoms with Gasteiger partial charge in [0.1, 0.15) is 0 Å². The van der Waals surface area contributed by atoms with Gasteiger partial charge in [0.15, 0.2) is 0 Å². The van der Waals surface area contributed by atoms with Gasteiger partial charge < -0.3 is 4.90 Å². The second-order valence-corrected chi connectivity index (χ2v) is 3.83. The third-order valence-electron chi connectivity index (χ3n) is 1.47. The lowest BCUT2D eigenvalue weighted by Crippen LogP contribution is -2.08. The van der Waals surface area contributed by atoms with Gasteiger partial charge in [-0.1, -0.05) is 34.8 Å². The van der Waals surface area contributed by atoms with Gasteiger partial charge in [0.05, 0.1) is 20.8 Å². The summed E-state index contributed by atoms with van der Waals surface area (Å²) < 4.78 is 0. The van der Waals surface area contributed by atoms with Gasteiger partial charge >= 0.3 is 0 Å². The molecule has 0 spiro atoms. The van der Waals surface area contributed by atoms with Crippen LogP contribution in [0.5, 0.6) is 0 Å². The van der Waals surface area contributed by atoms with E-state index in [0.29, 0.717) is 15.1 Å². The zero-order valence-electron chi connectivity index (χ0n) is 6.74. The number of rotatable bonds is 1. The molecular weight excluding hydrogens is 216 g/mol. The number of hydrogen-bond donors (Lipinski definition) is 0. The van der Waals surface area contributed by atoms with E-state index in [1.807, 2.05) is 19.0 Å². The Kier molecular flexibility index (Phi) is 3.10. The third kappa shape index (κ3) is 1.98. The van der Waals surface area contributed by atoms with Crippen LogP contribution in [-0.2, 0) is 0 Å². The van der Waals surface area contributed by atoms with Gasteiger partial charge in [-0.2, -0.15) is 0 Å². The van der Waals surface area contributed by atoms with Gasteiger partial charge in [-0.25, -0.2) is 0 Å². The van der Waals surface area contributed by atoms with Crippen LogP contribution in [0.2, 0.25) is 15.1 Å². The molecule has 0 N–H and O–H groups in total. The smallest absolute Gasteiger partial charge is 0.0655 e. The van der Waals surface area contributed by atoms with Crippen LogP contribution in [0.3, 0.4) is 0 Å². The molecule has 1 aromatic carbocycles. The maximum Gasteiger partial charge on any atom is 0.0655 e. The standard InChI is InChI=1S/C8H8Cl3N/c1-12(2)8-4-6(10)5(9)3-7(8)11/h3-4H,1-2H3. The topological polar surface area (TPSA) is 3.24 Å². The first-order valence-electron chi connectivity index (χ1n) is 3.34. The first-order valence-corrected chi connectivity index (χ1v) is 4.47. The summed E-state index contributed by atoms with van der Waals surface area (Å²) in [6, 6.07) is 3.38. The zero-order chi connectivity index (χ0) is 9.30. The van der Waals surface area contributed by atoms with E-state index in [-0.39, 0.29) is 0 Å². The fourth-order valence-electron chi connectivity index (χ4n) is 0.855. The van der Waals surface area contributed by atoms with Crippen molar-refractivity contribution in [2.45, 2.75) is 0 Å². The van der Waals surface area contributed by atoms with Crippen molar-refractivity contribution in [2.75, 3.05) is 19.0 Å². The van der Waals surface area contributed by atoms with Crippen molar-refractivity contribution in [3.8, 4) is 0 Å². The molecule has 4 heteroatoms. The predicted molar refractivity (Wildman–Crippen MR) is 55.8 cm³/mol. The van der Waals surface area contributed by atoms with Gasteiger partial charge in [-0.05, 0) is 12.1 Å². The molecule has 0 saturated heterocycles. The van der Waals surface area contributed by atoms with Crippen LogP contribution < -0.4 is 4.90 Å². The van der Waals surface area contributed by atoms with Crippen molar-refractivity contribution in [1.82, 2.24) is 0 Å². The molecule has 1 aromatic rings. The van der Waals surface area contributed by atoms with Crippen LogP contribution in [0.1, 0.15) is 0 Å². The van der Waals surface area contributed by atoms with E-state index in [0.717, 1.165) is 5.69 Å². The highest BCUT2D eigenvalue weighted by Gasteiger charge is 2.06. The number of benzene rings is 1. The van der Waals surface area contributed by atoms with Crippen LogP contribution in [0.4, 0.5) is 5.69 Å². The second kappa shape index (κ2) is 3.73. The Morgan fingerprint density at radius 1 is 0.917 bits per heavy atom. The highest BCUT2D eigenvalue weighted by Crippen LogP contribution is 2.33. The van der Waals surface area contributed by atoms with E-state index in [1.165, 1.54) is 0 Å². The molecule has 1 nitrogen and oxygen atoms in total. The van der Waals surface area contributed by atoms with Crippen molar-refractivity contribution in [2.24, 2.45) is 0 Å². The molecule has 0 saturated carbocycles. The summed E-state index contributed by atoms with van der Waals surface area (Å²) in [6.07, 6.45) is 0. The molecule has 0 atom stereocenters. The zero-order valence-corrected chi connectivity index (χ0v) is 9.00. The van der Waals surface area contributed by atoms with E-state index in [1.54, 1.807) is 12.1 Å². The van der Waals surface area contributed by atoms with Crippen molar-refractivity contribution in [1.29, 1.82) is 0 Å². The van der Waals surface area contributed by atoms with Gasteiger partial charge in [0.2, 0.25) is 0 Å². The van der Waals surface area contributed by atoms with Crippen LogP contribution in [0.25, 0.3) is 0 Å². The molecular formula is C8H8Cl3N. The Labute approximate surface area is 86.8 Å². The average Bonchev–Trinajstić information content (AvgIpc) is 1.96. The number of hydrogen-bond acceptors (Lipinski definition) is 1. The van der Waals surface area contributed by atoms with Gasteiger partial charge in [0.25, 0.3) is 0 Å². The van der Waals surface area contributed by atoms with Crippen molar-refractivity contribution in [3.63, 3.8) is 0 Å². The molecule has 0 fully saturated rings. The lowest BCUT2D eigenvalue weighted by Gasteiger charge is -2.14. The monoisotopic (exact) mass is 223 g/mol. The Bertz CT molecular complexity index is 297. The molecule has 12 heavy (non-hydrogen) atoms. The highest BCUT2D eigenvalue weighted by atomic mass is 35.5. The minimum Gasteiger partial charge on any atom is -0.376 e. The van der Waals surface area contributed by atoms with Gasteiger partial charge in [-0.3, -0.25) is 0 Å². The number of nitrogens with zero attached hydrogens (tertiary/aromatic N) is 1. The highest BCUT2D eigenvalue weighted by molar-refractivity contribution is 6.44. The summed E-state index contributed by atoms with van der Waals surface area (Å²) in [7, 11) is 3.79. The Balaban J connectivity index is 3.23. The molecule has 0 aliphatic carbocycles. The molecule has 1 rings (SSSR count). The maximum atomic E-state index is 5.91. The van der Waals surface area contributed by atoms with Crippen molar-refractivity contribution >= 4 is 40.5 Å². The average molecular weight is 225 g/mol. The summed E-state index contributed by atoms with van der Waals surface area (Å²) in [4.78, 5) is 1.88. The quantitative estimate of drug-likeness (QED) is 0.657. The van der Waals surface area contributed by atoms with Gasteiger partial charge in [0, 0.05) is 14.1 Å². The molecule has 0 heterocycles. The number of anilines is 1. The normalized spacial score (nSPS) is 10.1. The van der Waals surface area contributed by atoms with E-state index in [2.05, 4.69) is 0 Å². The summed E-state index contributed by atoms with van der Waals surface area (Å²) >= 11 is 17.5. The largest absolute Gasteiger partial charge is 0.376 e. The van der Waals surface area contributed by atoms with Crippen molar-refractivity contribution in [3.05, 3.63) is 27.2 Å². The molecule has 0 radical (unpaired) electrons. The lowest BCUT2D eigenvalue weighted by atomic mass is 10.3. The van der Waals surface area contributed by atoms with E-state index in [9.17, 15) is 0 Å². The Morgan fingerprint density at radius 3 is 1.92 bits per heavy atom. The Hall–Kier alpha value is -0.110. The Morgan fingerprint density at radius 2 is 1.42 bits per heavy atom. The third-order valence-corrected chi connectivity index (χ3v) is 2.50. The molecule has 66 valence electrons. The molecule has 0 bridgehead atoms. The molecule has 0 amide bonds. The first kappa shape index (κ1) is 9.97. The van der Waals surface area contributed by atoms with Crippen LogP contribution >= 0.6 is 34.8 Å². The SMILES string of the molecule is CN(C)c1cc(Cl)c(Cl)cc1Cl. The van der Waals surface area contributed by atoms with Gasteiger partial charge in [-0.15, -0.1) is 0 Å². The summed E-state index contributed by atoms with van der Waals surface area (Å²) in [6.45, 7) is 0. The van der Waals surface area contributed by atoms with E-state index < -0.39 is 0 Å². The fourth-order valence-corrected chi connectivity index (χ4v) is 1.56. The van der Waals surface area contributed by atoms with Crippen LogP contribution in [0, 0.1) is 0 Å². The van der Waals surface area contributed by atoms with E-state index >= 15 is 0 Å². The van der Waals surface area contributed by atoms with Crippen LogP contribution in [-0.4, -0.2) is 14.1 Å². The first-order chi connectivity index (χ1) is 5.52. The lowest BCUT2D eigenvalue weighted by molar-refractivity contribution is 1.13. The van der Waals surface area contributed by atoms with Crippen molar-refractivity contribution < 1.29 is 0 Å². The summed E-state index contributed by atoms with van der Waals surface area (Å²) in [5.74, 6) is 0. The number of halogens is 3. The van der Waals surface area contributed by atoms with Crippen LogP contribution in [0.15, 0.2) is 12.1 Å². The van der Waals surface area contributed by atoms with E-state index in [4.69, 9.17) is 34.8 Å².